The van der Waals surface area contributed by atoms with Gasteiger partial charge in [0, 0.05) is 5.75 Å². The van der Waals surface area contributed by atoms with Crippen LogP contribution in [-0.4, -0.2) is 65.5 Å². The third-order valence-corrected chi connectivity index (χ3v) is 7.97. The molecule has 0 aliphatic carbocycles. The molecule has 5 amide bonds. The first-order valence-electron chi connectivity index (χ1n) is 13.1. The fraction of sp³-hybridized carbons (Fsp3) is 0.379. The summed E-state index contributed by atoms with van der Waals surface area (Å²) in [5.74, 6) is 2.38. The van der Waals surface area contributed by atoms with Gasteiger partial charge < -0.3 is 31.4 Å². The van der Waals surface area contributed by atoms with E-state index in [9.17, 15) is 28.8 Å². The molecule has 0 unspecified atom stereocenters. The van der Waals surface area contributed by atoms with Gasteiger partial charge in [0.15, 0.2) is 0 Å². The van der Waals surface area contributed by atoms with Gasteiger partial charge in [-0.15, -0.1) is 5.92 Å². The molecule has 5 N–H and O–H groups in total. The van der Waals surface area contributed by atoms with Gasteiger partial charge in [-0.05, 0) is 31.4 Å². The van der Waals surface area contributed by atoms with E-state index in [1.807, 2.05) is 0 Å². The van der Waals surface area contributed by atoms with Crippen LogP contribution in [0.2, 0.25) is 0 Å². The largest absolute Gasteiger partial charge is 0.344 e. The molecule has 0 aromatic heterocycles. The van der Waals surface area contributed by atoms with Crippen molar-refractivity contribution in [1.29, 1.82) is 0 Å². The van der Waals surface area contributed by atoms with Crippen LogP contribution in [0.3, 0.4) is 0 Å². The molecule has 1 saturated heterocycles. The minimum absolute atomic E-state index is 0.139. The third kappa shape index (κ3) is 11.1. The van der Waals surface area contributed by atoms with E-state index in [2.05, 4.69) is 38.4 Å². The van der Waals surface area contributed by atoms with Gasteiger partial charge in [0.2, 0.25) is 17.7 Å². The van der Waals surface area contributed by atoms with E-state index < -0.39 is 54.1 Å². The number of rotatable bonds is 7. The lowest BCUT2D eigenvalue weighted by molar-refractivity contribution is -0.133. The number of carbonyl (C=O) groups excluding carboxylic acids is 6. The van der Waals surface area contributed by atoms with E-state index >= 15 is 0 Å². The predicted molar refractivity (Wildman–Crippen MR) is 164 cm³/mol. The van der Waals surface area contributed by atoms with E-state index in [-0.39, 0.29) is 23.1 Å². The van der Waals surface area contributed by atoms with Crippen LogP contribution in [0.4, 0.5) is 0 Å². The van der Waals surface area contributed by atoms with Gasteiger partial charge in [0.25, 0.3) is 11.8 Å². The van der Waals surface area contributed by atoms with Gasteiger partial charge in [-0.1, -0.05) is 77.8 Å². The van der Waals surface area contributed by atoms with Crippen molar-refractivity contribution >= 4 is 63.5 Å². The van der Waals surface area contributed by atoms with Crippen molar-refractivity contribution in [2.75, 3.05) is 11.5 Å². The van der Waals surface area contributed by atoms with Gasteiger partial charge in [-0.3, -0.25) is 24.0 Å². The summed E-state index contributed by atoms with van der Waals surface area (Å²) >= 11 is 0. The minimum Gasteiger partial charge on any atom is -0.344 e. The second kappa shape index (κ2) is 17.7. The number of hydrogen-bond donors (Lipinski definition) is 5. The molecule has 0 spiro atoms. The van der Waals surface area contributed by atoms with Crippen molar-refractivity contribution in [2.45, 2.75) is 52.2 Å². The zero-order valence-corrected chi connectivity index (χ0v) is 25.4. The first kappa shape index (κ1) is 34.2. The summed E-state index contributed by atoms with van der Waals surface area (Å²) in [6.07, 6.45) is 2.71. The lowest BCUT2D eigenvalue weighted by atomic mass is 10.0. The highest BCUT2D eigenvalue weighted by molar-refractivity contribution is 8.76. The average Bonchev–Trinajstić information content (AvgIpc) is 2.96. The first-order valence-corrected chi connectivity index (χ1v) is 15.6. The van der Waals surface area contributed by atoms with Crippen molar-refractivity contribution in [3.05, 3.63) is 53.4 Å². The van der Waals surface area contributed by atoms with Gasteiger partial charge in [-0.25, -0.2) is 0 Å². The maximum Gasteiger partial charge on any atom is 0.271 e. The van der Waals surface area contributed by atoms with Crippen LogP contribution in [0.25, 0.3) is 6.08 Å². The van der Waals surface area contributed by atoms with Crippen LogP contribution in [0.1, 0.15) is 39.7 Å². The molecule has 224 valence electrons. The number of amides is 5. The van der Waals surface area contributed by atoms with E-state index in [1.165, 1.54) is 40.7 Å². The Balaban J connectivity index is 2.49. The summed E-state index contributed by atoms with van der Waals surface area (Å²) < 4.78 is 0. The van der Waals surface area contributed by atoms with E-state index in [4.69, 9.17) is 0 Å². The molecular formula is C29H35N5O6S2. The lowest BCUT2D eigenvalue weighted by Gasteiger charge is -2.26. The van der Waals surface area contributed by atoms with Gasteiger partial charge in [0.1, 0.15) is 29.8 Å². The van der Waals surface area contributed by atoms with Crippen LogP contribution < -0.4 is 26.6 Å². The molecule has 1 aromatic rings. The van der Waals surface area contributed by atoms with E-state index in [1.54, 1.807) is 51.1 Å². The molecule has 0 radical (unpaired) electrons. The second-order valence-corrected chi connectivity index (χ2v) is 11.9. The van der Waals surface area contributed by atoms with Crippen molar-refractivity contribution in [3.8, 4) is 11.8 Å². The summed E-state index contributed by atoms with van der Waals surface area (Å²) in [4.78, 5) is 77.6. The van der Waals surface area contributed by atoms with Gasteiger partial charge >= 0.3 is 0 Å². The molecule has 2 rings (SSSR count). The summed E-state index contributed by atoms with van der Waals surface area (Å²) in [6, 6.07) is 5.30. The number of hydrogen-bond acceptors (Lipinski definition) is 8. The zero-order valence-electron chi connectivity index (χ0n) is 23.8. The van der Waals surface area contributed by atoms with Crippen LogP contribution in [-0.2, 0) is 28.8 Å². The van der Waals surface area contributed by atoms with E-state index in [0.717, 1.165) is 0 Å². The second-order valence-electron chi connectivity index (χ2n) is 9.36. The van der Waals surface area contributed by atoms with Gasteiger partial charge in [-0.2, -0.15) is 0 Å². The van der Waals surface area contributed by atoms with E-state index in [0.29, 0.717) is 17.6 Å². The molecular weight excluding hydrogens is 578 g/mol. The average molecular weight is 614 g/mol. The predicted octanol–water partition coefficient (Wildman–Crippen LogP) is 1.28. The number of benzene rings is 1. The van der Waals surface area contributed by atoms with Crippen molar-refractivity contribution in [2.24, 2.45) is 5.92 Å². The van der Waals surface area contributed by atoms with Crippen LogP contribution in [0, 0.1) is 17.8 Å². The van der Waals surface area contributed by atoms with Gasteiger partial charge in [0.05, 0.1) is 18.2 Å². The molecule has 1 aromatic carbocycles. The molecule has 1 fully saturated rings. The Bertz CT molecular complexity index is 1290. The van der Waals surface area contributed by atoms with Crippen molar-refractivity contribution < 1.29 is 28.8 Å². The third-order valence-electron chi connectivity index (χ3n) is 5.81. The fourth-order valence-electron chi connectivity index (χ4n) is 3.59. The zero-order chi connectivity index (χ0) is 31.1. The molecule has 1 aliphatic heterocycles. The molecule has 11 nitrogen and oxygen atoms in total. The Morgan fingerprint density at radius 2 is 1.64 bits per heavy atom. The first-order chi connectivity index (χ1) is 20.1. The maximum atomic E-state index is 13.3. The molecule has 1 aliphatic rings. The van der Waals surface area contributed by atoms with Crippen LogP contribution in [0.5, 0.6) is 0 Å². The maximum absolute atomic E-state index is 13.3. The smallest absolute Gasteiger partial charge is 0.271 e. The van der Waals surface area contributed by atoms with Crippen molar-refractivity contribution in [1.82, 2.24) is 26.6 Å². The monoisotopic (exact) mass is 613 g/mol. The van der Waals surface area contributed by atoms with Crippen molar-refractivity contribution in [3.63, 3.8) is 0 Å². The SMILES string of the molecule is CC#CCSSC[C@@H]1NC(=O)[C@@H](C(C)C)NC(=O)C[C@@H](C=O)NC(=O)/C(=C/c2ccccc2)NC(=O)/C(=C/C)NC1=O. The Kier molecular flexibility index (Phi) is 14.4. The quantitative estimate of drug-likeness (QED) is 0.101. The standard InChI is InChI=1S/C29H35N5O6S2/c1-5-7-13-41-42-17-23-28(39)31-21(6-2)26(37)32-22(14-19-11-9-8-10-12-19)27(38)30-20(16-35)15-24(36)34-25(18(3)4)29(40)33-23/h6,8-12,14,16,18,20,23,25H,13,15,17H2,1-4H3,(H,30,38)(H,31,39)(H,32,37)(H,33,40)(H,34,36)/b21-6-,22-14-/t20-,23-,25+/m0/s1. The molecule has 0 bridgehead atoms. The molecule has 13 heteroatoms. The lowest BCUT2D eigenvalue weighted by Crippen LogP contribution is -2.57. The topological polar surface area (TPSA) is 163 Å². The minimum atomic E-state index is -1.24. The van der Waals surface area contributed by atoms with Crippen LogP contribution >= 0.6 is 21.6 Å². The molecule has 0 saturated carbocycles. The molecule has 3 atom stereocenters. The summed E-state index contributed by atoms with van der Waals surface area (Å²) in [5.41, 5.74) is 0.204. The Labute approximate surface area is 253 Å². The fourth-order valence-corrected chi connectivity index (χ4v) is 5.47. The normalized spacial score (nSPS) is 22.8. The molecule has 1 heterocycles. The summed E-state index contributed by atoms with van der Waals surface area (Å²) in [5, 5.41) is 12.7. The highest BCUT2D eigenvalue weighted by Gasteiger charge is 2.31. The summed E-state index contributed by atoms with van der Waals surface area (Å²) in [6.45, 7) is 6.68. The Morgan fingerprint density at radius 3 is 2.26 bits per heavy atom. The summed E-state index contributed by atoms with van der Waals surface area (Å²) in [7, 11) is 2.71. The Morgan fingerprint density at radius 1 is 0.929 bits per heavy atom. The number of nitrogens with one attached hydrogen (secondary N) is 5. The number of aldehydes is 1. The Hall–Kier alpha value is -4.02. The number of allylic oxidation sites excluding steroid dienone is 1. The molecule has 42 heavy (non-hydrogen) atoms. The number of carbonyl (C=O) groups is 6. The highest BCUT2D eigenvalue weighted by Crippen LogP contribution is 2.21. The highest BCUT2D eigenvalue weighted by atomic mass is 33.1. The van der Waals surface area contributed by atoms with Crippen LogP contribution in [0.15, 0.2) is 47.8 Å².